The van der Waals surface area contributed by atoms with Gasteiger partial charge in [0.05, 0.1) is 17.1 Å². The van der Waals surface area contributed by atoms with Crippen LogP contribution in [0.25, 0.3) is 0 Å². The largest absolute Gasteiger partial charge is 0.351 e. The molecule has 2 N–H and O–H groups in total. The Morgan fingerprint density at radius 1 is 1.12 bits per heavy atom. The van der Waals surface area contributed by atoms with Crippen LogP contribution in [0.1, 0.15) is 13.0 Å². The van der Waals surface area contributed by atoms with Crippen molar-refractivity contribution in [3.63, 3.8) is 0 Å². The van der Waals surface area contributed by atoms with Crippen molar-refractivity contribution in [2.75, 3.05) is 10.6 Å². The molecular formula is C17H15F2N5O. The minimum atomic E-state index is -0.617. The van der Waals surface area contributed by atoms with Crippen molar-refractivity contribution in [2.45, 2.75) is 13.0 Å². The smallest absolute Gasteiger partial charge is 0.249 e. The van der Waals surface area contributed by atoms with Crippen LogP contribution in [0, 0.1) is 11.6 Å². The number of aromatic nitrogens is 3. The second-order valence-corrected chi connectivity index (χ2v) is 5.34. The van der Waals surface area contributed by atoms with Gasteiger partial charge in [-0.25, -0.2) is 18.4 Å². The number of carbonyl (C=O) groups is 1. The van der Waals surface area contributed by atoms with Gasteiger partial charge >= 0.3 is 0 Å². The number of amides is 1. The zero-order valence-corrected chi connectivity index (χ0v) is 13.3. The first-order valence-electron chi connectivity index (χ1n) is 7.50. The van der Waals surface area contributed by atoms with Crippen molar-refractivity contribution in [2.24, 2.45) is 0 Å². The minimum absolute atomic E-state index is 0.174. The van der Waals surface area contributed by atoms with E-state index in [1.807, 2.05) is 0 Å². The highest BCUT2D eigenvalue weighted by Gasteiger charge is 2.17. The Labute approximate surface area is 142 Å². The number of hydrogen-bond donors (Lipinski definition) is 2. The predicted molar refractivity (Wildman–Crippen MR) is 89.4 cm³/mol. The molecule has 1 amide bonds. The molecule has 0 aliphatic heterocycles. The molecule has 1 atom stereocenters. The molecule has 1 heterocycles. The highest BCUT2D eigenvalue weighted by atomic mass is 19.1. The normalized spacial score (nSPS) is 11.8. The van der Waals surface area contributed by atoms with E-state index >= 15 is 0 Å². The summed E-state index contributed by atoms with van der Waals surface area (Å²) < 4.78 is 28.8. The number of anilines is 3. The average molecular weight is 343 g/mol. The molecule has 8 heteroatoms. The van der Waals surface area contributed by atoms with E-state index in [9.17, 15) is 13.6 Å². The molecule has 0 spiro atoms. The fourth-order valence-electron chi connectivity index (χ4n) is 2.21. The van der Waals surface area contributed by atoms with Crippen LogP contribution in [0.3, 0.4) is 0 Å². The summed E-state index contributed by atoms with van der Waals surface area (Å²) in [5.74, 6) is -1.37. The first-order chi connectivity index (χ1) is 12.0. The van der Waals surface area contributed by atoms with Gasteiger partial charge in [-0.1, -0.05) is 12.1 Å². The lowest BCUT2D eigenvalue weighted by molar-refractivity contribution is -0.119. The van der Waals surface area contributed by atoms with E-state index in [2.05, 4.69) is 20.7 Å². The summed E-state index contributed by atoms with van der Waals surface area (Å²) in [5.41, 5.74) is 0.735. The Hall–Kier alpha value is -3.29. The molecule has 2 aromatic carbocycles. The summed E-state index contributed by atoms with van der Waals surface area (Å²) in [6.45, 7) is 1.65. The van der Waals surface area contributed by atoms with Crippen LogP contribution in [-0.2, 0) is 4.79 Å². The lowest BCUT2D eigenvalue weighted by Gasteiger charge is -2.16. The van der Waals surface area contributed by atoms with Gasteiger partial charge in [0.1, 0.15) is 30.3 Å². The minimum Gasteiger partial charge on any atom is -0.351 e. The molecule has 128 valence electrons. The Kier molecular flexibility index (Phi) is 4.69. The lowest BCUT2D eigenvalue weighted by atomic mass is 10.2. The lowest BCUT2D eigenvalue weighted by Crippen LogP contribution is -2.24. The van der Waals surface area contributed by atoms with Crippen molar-refractivity contribution in [3.05, 3.63) is 66.8 Å². The molecule has 0 bridgehead atoms. The highest BCUT2D eigenvalue weighted by molar-refractivity contribution is 5.97. The molecule has 0 aliphatic carbocycles. The van der Waals surface area contributed by atoms with Gasteiger partial charge in [-0.3, -0.25) is 4.79 Å². The van der Waals surface area contributed by atoms with Gasteiger partial charge in [0, 0.05) is 0 Å². The monoisotopic (exact) mass is 343 g/mol. The topological polar surface area (TPSA) is 71.8 Å². The average Bonchev–Trinajstić information content (AvgIpc) is 3.13. The number of nitrogens with one attached hydrogen (secondary N) is 2. The van der Waals surface area contributed by atoms with E-state index in [1.54, 1.807) is 19.1 Å². The standard InChI is InChI=1S/C17H15F2N5O/c1-11(24-10-20-9-21-24)17(25)23-15-7-6-12(18)8-16(15)22-14-5-3-2-4-13(14)19/h2-11,22H,1H3,(H,23,25)/t11-/m0/s1. The number of benzene rings is 2. The van der Waals surface area contributed by atoms with E-state index in [-0.39, 0.29) is 17.3 Å². The summed E-state index contributed by atoms with van der Waals surface area (Å²) in [6.07, 6.45) is 2.75. The highest BCUT2D eigenvalue weighted by Crippen LogP contribution is 2.28. The summed E-state index contributed by atoms with van der Waals surface area (Å²) in [5, 5.41) is 9.40. The number of para-hydroxylation sites is 1. The molecule has 25 heavy (non-hydrogen) atoms. The van der Waals surface area contributed by atoms with Gasteiger partial charge in [0.15, 0.2) is 0 Å². The van der Waals surface area contributed by atoms with Crippen molar-refractivity contribution >= 4 is 23.0 Å². The number of nitrogens with zero attached hydrogens (tertiary/aromatic N) is 3. The zero-order chi connectivity index (χ0) is 17.8. The van der Waals surface area contributed by atoms with Gasteiger partial charge in [0.2, 0.25) is 5.91 Å². The third kappa shape index (κ3) is 3.79. The van der Waals surface area contributed by atoms with Crippen LogP contribution in [-0.4, -0.2) is 20.7 Å². The summed E-state index contributed by atoms with van der Waals surface area (Å²) >= 11 is 0. The number of halogens is 2. The Balaban J connectivity index is 1.84. The van der Waals surface area contributed by atoms with Crippen molar-refractivity contribution in [1.82, 2.24) is 14.8 Å². The van der Waals surface area contributed by atoms with Crippen LogP contribution in [0.4, 0.5) is 25.8 Å². The molecule has 0 saturated carbocycles. The number of rotatable bonds is 5. The Morgan fingerprint density at radius 3 is 2.64 bits per heavy atom. The van der Waals surface area contributed by atoms with E-state index in [0.29, 0.717) is 5.69 Å². The second-order valence-electron chi connectivity index (χ2n) is 5.34. The fraction of sp³-hybridized carbons (Fsp3) is 0.118. The van der Waals surface area contributed by atoms with E-state index in [0.717, 1.165) is 0 Å². The molecule has 6 nitrogen and oxygen atoms in total. The van der Waals surface area contributed by atoms with Gasteiger partial charge in [-0.15, -0.1) is 0 Å². The fourth-order valence-corrected chi connectivity index (χ4v) is 2.21. The Morgan fingerprint density at radius 2 is 1.92 bits per heavy atom. The van der Waals surface area contributed by atoms with Gasteiger partial charge < -0.3 is 10.6 Å². The first kappa shape index (κ1) is 16.6. The van der Waals surface area contributed by atoms with Crippen molar-refractivity contribution < 1.29 is 13.6 Å². The predicted octanol–water partition coefficient (Wildman–Crippen LogP) is 3.50. The molecule has 0 fully saturated rings. The van der Waals surface area contributed by atoms with Crippen LogP contribution < -0.4 is 10.6 Å². The van der Waals surface area contributed by atoms with Gasteiger partial charge in [0.25, 0.3) is 0 Å². The van der Waals surface area contributed by atoms with Gasteiger partial charge in [-0.05, 0) is 37.3 Å². The molecule has 0 radical (unpaired) electrons. The maximum atomic E-state index is 13.8. The number of carbonyl (C=O) groups excluding carboxylic acids is 1. The molecular weight excluding hydrogens is 328 g/mol. The quantitative estimate of drug-likeness (QED) is 0.744. The third-order valence-corrected chi connectivity index (χ3v) is 3.60. The van der Waals surface area contributed by atoms with Crippen LogP contribution in [0.2, 0.25) is 0 Å². The van der Waals surface area contributed by atoms with E-state index in [1.165, 1.54) is 47.7 Å². The van der Waals surface area contributed by atoms with Crippen molar-refractivity contribution in [3.8, 4) is 0 Å². The van der Waals surface area contributed by atoms with Crippen LogP contribution >= 0.6 is 0 Å². The SMILES string of the molecule is C[C@@H](C(=O)Nc1ccc(F)cc1Nc1ccccc1F)n1cncn1. The molecule has 3 aromatic rings. The maximum Gasteiger partial charge on any atom is 0.249 e. The summed E-state index contributed by atoms with van der Waals surface area (Å²) in [4.78, 5) is 16.2. The zero-order valence-electron chi connectivity index (χ0n) is 13.3. The molecule has 0 aliphatic rings. The van der Waals surface area contributed by atoms with E-state index < -0.39 is 17.7 Å². The second kappa shape index (κ2) is 7.08. The number of hydrogen-bond acceptors (Lipinski definition) is 4. The third-order valence-electron chi connectivity index (χ3n) is 3.60. The van der Waals surface area contributed by atoms with Crippen LogP contribution in [0.5, 0.6) is 0 Å². The first-order valence-corrected chi connectivity index (χ1v) is 7.50. The maximum absolute atomic E-state index is 13.8. The van der Waals surface area contributed by atoms with Gasteiger partial charge in [-0.2, -0.15) is 5.10 Å². The summed E-state index contributed by atoms with van der Waals surface area (Å²) in [6, 6.07) is 9.18. The Bertz CT molecular complexity index is 883. The van der Waals surface area contributed by atoms with Crippen LogP contribution in [0.15, 0.2) is 55.1 Å². The van der Waals surface area contributed by atoms with Crippen molar-refractivity contribution in [1.29, 1.82) is 0 Å². The molecule has 1 aromatic heterocycles. The summed E-state index contributed by atoms with van der Waals surface area (Å²) in [7, 11) is 0. The molecule has 0 saturated heterocycles. The molecule has 0 unspecified atom stereocenters. The molecule has 3 rings (SSSR count). The van der Waals surface area contributed by atoms with E-state index in [4.69, 9.17) is 0 Å².